The van der Waals surface area contributed by atoms with Crippen molar-refractivity contribution in [3.63, 3.8) is 0 Å². The van der Waals surface area contributed by atoms with Crippen LogP contribution < -0.4 is 0 Å². The van der Waals surface area contributed by atoms with Gasteiger partial charge in [-0.1, -0.05) is 257 Å². The second kappa shape index (κ2) is 20.9. The Morgan fingerprint density at radius 3 is 1.21 bits per heavy atom. The molecule has 0 radical (unpaired) electrons. The number of rotatable bonds is 12. The molecule has 0 unspecified atom stereocenters. The molecule has 0 N–H and O–H groups in total. The molecular weight excluding hydrogens is 793 g/mol. The van der Waals surface area contributed by atoms with E-state index in [1.54, 1.807) is 0 Å². The zero-order valence-corrected chi connectivity index (χ0v) is 38.2. The van der Waals surface area contributed by atoms with Gasteiger partial charge in [0.25, 0.3) is 0 Å². The third kappa shape index (κ3) is 10.4. The van der Waals surface area contributed by atoms with Crippen molar-refractivity contribution >= 4 is 58.4 Å². The average Bonchev–Trinajstić information content (AvgIpc) is 3.40. The van der Waals surface area contributed by atoms with Crippen LogP contribution in [-0.2, 0) is 0 Å². The molecule has 2 aliphatic carbocycles. The Balaban J connectivity index is 0.885. The molecule has 0 aliphatic heterocycles. The van der Waals surface area contributed by atoms with Crippen LogP contribution in [0.15, 0.2) is 194 Å². The molecule has 0 atom stereocenters. The van der Waals surface area contributed by atoms with E-state index in [1.165, 1.54) is 153 Å². The minimum atomic E-state index is 0.707. The van der Waals surface area contributed by atoms with Gasteiger partial charge in [-0.2, -0.15) is 0 Å². The molecule has 2 aliphatic rings. The smallest absolute Gasteiger partial charge is 0.0105 e. The van der Waals surface area contributed by atoms with E-state index in [-0.39, 0.29) is 0 Å². The third-order valence-electron chi connectivity index (χ3n) is 14.2. The second-order valence-electron chi connectivity index (χ2n) is 18.6. The number of hydrogen-bond donors (Lipinski definition) is 0. The molecule has 66 heavy (non-hydrogen) atoms. The van der Waals surface area contributed by atoms with Crippen molar-refractivity contribution in [2.75, 3.05) is 0 Å². The van der Waals surface area contributed by atoms with Gasteiger partial charge in [0.2, 0.25) is 0 Å². The molecule has 0 heteroatoms. The molecule has 10 rings (SSSR count). The van der Waals surface area contributed by atoms with Crippen molar-refractivity contribution in [1.82, 2.24) is 0 Å². The summed E-state index contributed by atoms with van der Waals surface area (Å²) in [5, 5.41) is 2.49. The normalized spacial score (nSPS) is 15.5. The Kier molecular flexibility index (Phi) is 13.6. The average molecular weight is 853 g/mol. The fourth-order valence-corrected chi connectivity index (χ4v) is 10.4. The van der Waals surface area contributed by atoms with Gasteiger partial charge in [-0.15, -0.1) is 0 Å². The lowest BCUT2D eigenvalue weighted by Crippen LogP contribution is -2.04. The summed E-state index contributed by atoms with van der Waals surface area (Å²) in [5.74, 6) is 1.41. The van der Waals surface area contributed by atoms with E-state index < -0.39 is 0 Å². The first-order valence-corrected chi connectivity index (χ1v) is 24.5. The van der Waals surface area contributed by atoms with Crippen molar-refractivity contribution in [3.8, 4) is 0 Å². The van der Waals surface area contributed by atoms with Crippen LogP contribution >= 0.6 is 0 Å². The van der Waals surface area contributed by atoms with Gasteiger partial charge in [0.15, 0.2) is 0 Å². The molecule has 2 saturated carbocycles. The molecule has 0 spiro atoms. The lowest BCUT2D eigenvalue weighted by atomic mass is 9.83. The third-order valence-corrected chi connectivity index (χ3v) is 14.2. The Labute approximate surface area is 393 Å². The van der Waals surface area contributed by atoms with Crippen LogP contribution in [-0.4, -0.2) is 0 Å². The van der Waals surface area contributed by atoms with Gasteiger partial charge >= 0.3 is 0 Å². The zero-order valence-electron chi connectivity index (χ0n) is 38.2. The van der Waals surface area contributed by atoms with Crippen LogP contribution in [0.1, 0.15) is 143 Å². The van der Waals surface area contributed by atoms with E-state index >= 15 is 0 Å². The molecular formula is C66H60. The molecule has 0 heterocycles. The molecule has 0 amide bonds. The van der Waals surface area contributed by atoms with Gasteiger partial charge < -0.3 is 0 Å². The van der Waals surface area contributed by atoms with E-state index in [9.17, 15) is 0 Å². The lowest BCUT2D eigenvalue weighted by Gasteiger charge is -2.22. The van der Waals surface area contributed by atoms with Crippen LogP contribution in [0.3, 0.4) is 0 Å². The zero-order chi connectivity index (χ0) is 44.3. The quantitative estimate of drug-likeness (QED) is 0.107. The topological polar surface area (TPSA) is 0 Å². The molecule has 324 valence electrons. The maximum Gasteiger partial charge on any atom is -0.0105 e. The maximum absolute atomic E-state index is 2.38. The van der Waals surface area contributed by atoms with Gasteiger partial charge in [-0.25, -0.2) is 0 Å². The fraction of sp³-hybridized carbons (Fsp3) is 0.182. The highest BCUT2D eigenvalue weighted by Crippen LogP contribution is 2.36. The first kappa shape index (κ1) is 42.9. The predicted octanol–water partition coefficient (Wildman–Crippen LogP) is 18.5. The molecule has 0 saturated heterocycles. The van der Waals surface area contributed by atoms with Crippen molar-refractivity contribution in [1.29, 1.82) is 0 Å². The molecule has 0 bridgehead atoms. The molecule has 8 aromatic rings. The Hall–Kier alpha value is -7.02. The van der Waals surface area contributed by atoms with E-state index in [4.69, 9.17) is 0 Å². The summed E-state index contributed by atoms with van der Waals surface area (Å²) in [6, 6.07) is 71.6. The van der Waals surface area contributed by atoms with Crippen molar-refractivity contribution in [2.45, 2.75) is 76.0 Å². The van der Waals surface area contributed by atoms with Crippen LogP contribution in [0.5, 0.6) is 0 Å². The highest BCUT2D eigenvalue weighted by molar-refractivity contribution is 5.98. The summed E-state index contributed by atoms with van der Waals surface area (Å²) < 4.78 is 0. The number of benzene rings is 8. The van der Waals surface area contributed by atoms with Crippen LogP contribution in [0.25, 0.3) is 58.4 Å². The summed E-state index contributed by atoms with van der Waals surface area (Å²) in [4.78, 5) is 0. The summed E-state index contributed by atoms with van der Waals surface area (Å²) >= 11 is 0. The van der Waals surface area contributed by atoms with Crippen LogP contribution in [0.4, 0.5) is 0 Å². The van der Waals surface area contributed by atoms with Gasteiger partial charge in [-0.05, 0) is 138 Å². The van der Waals surface area contributed by atoms with E-state index in [1.807, 2.05) is 0 Å². The van der Waals surface area contributed by atoms with E-state index in [2.05, 4.69) is 231 Å². The largest absolute Gasteiger partial charge is 0.0622 e. The Morgan fingerprint density at radius 1 is 0.318 bits per heavy atom. The molecule has 0 aromatic heterocycles. The van der Waals surface area contributed by atoms with Gasteiger partial charge in [0, 0.05) is 0 Å². The lowest BCUT2D eigenvalue weighted by molar-refractivity contribution is 0.443. The summed E-state index contributed by atoms with van der Waals surface area (Å²) in [6.45, 7) is 0. The van der Waals surface area contributed by atoms with Crippen molar-refractivity contribution in [3.05, 3.63) is 261 Å². The van der Waals surface area contributed by atoms with Crippen LogP contribution in [0.2, 0.25) is 0 Å². The molecule has 2 fully saturated rings. The first-order chi connectivity index (χ1) is 32.7. The van der Waals surface area contributed by atoms with Crippen molar-refractivity contribution in [2.24, 2.45) is 0 Å². The molecule has 0 nitrogen and oxygen atoms in total. The van der Waals surface area contributed by atoms with Crippen molar-refractivity contribution < 1.29 is 0 Å². The Bertz CT molecular complexity index is 2950. The fourth-order valence-electron chi connectivity index (χ4n) is 10.4. The monoisotopic (exact) mass is 852 g/mol. The van der Waals surface area contributed by atoms with Crippen LogP contribution in [0, 0.1) is 0 Å². The van der Waals surface area contributed by atoms with Gasteiger partial charge in [0.1, 0.15) is 0 Å². The first-order valence-electron chi connectivity index (χ1n) is 24.5. The van der Waals surface area contributed by atoms with Gasteiger partial charge in [0.05, 0.1) is 0 Å². The summed E-state index contributed by atoms with van der Waals surface area (Å²) in [6.07, 6.45) is 27.2. The maximum atomic E-state index is 2.38. The van der Waals surface area contributed by atoms with E-state index in [0.717, 1.165) is 0 Å². The summed E-state index contributed by atoms with van der Waals surface area (Å²) in [7, 11) is 0. The number of fused-ring (bicyclic) bond motifs is 1. The Morgan fingerprint density at radius 2 is 0.727 bits per heavy atom. The van der Waals surface area contributed by atoms with Gasteiger partial charge in [-0.3, -0.25) is 0 Å². The molecule has 8 aromatic carbocycles. The number of hydrogen-bond acceptors (Lipinski definition) is 0. The minimum absolute atomic E-state index is 0.707. The predicted molar refractivity (Wildman–Crippen MR) is 286 cm³/mol. The second-order valence-corrected chi connectivity index (χ2v) is 18.6. The standard InChI is InChI=1S/C66H60/c1-5-15-53(16-6-1)55-36-40-61(41-37-55)65(57-19-9-3-10-20-57)47-51-29-25-49(26-30-51)33-35-60-45-44-59-23-13-14-24-63(59)64(60)46-34-50-27-31-52(32-28-50)48-66(58-21-11-4-12-22-58)62-42-38-56(39-43-62)54-17-7-2-8-18-54/h3-4,9-14,19-48,53-54H,1-2,5-8,15-18H2/b35-33+,46-34+,65-47+,66-48+. The van der Waals surface area contributed by atoms with E-state index in [0.29, 0.717) is 11.8 Å². The SMILES string of the molecule is C(=C\c1ccc2ccccc2c1/C=C/c1ccc(/C=C(\c2ccccc2)c2ccc(C3CCCCC3)cc2)cc1)/c1ccc(/C=C(\c2ccccc2)c2ccc(C3CCCCC3)cc2)cc1. The highest BCUT2D eigenvalue weighted by Gasteiger charge is 2.17. The summed E-state index contributed by atoms with van der Waals surface area (Å²) in [5.41, 5.74) is 17.6. The minimum Gasteiger partial charge on any atom is -0.0622 e. The highest BCUT2D eigenvalue weighted by atomic mass is 14.2.